The number of fused-ring (bicyclic) bond motifs is 6. The number of hydrogen-bond donors (Lipinski definition) is 0. The van der Waals surface area contributed by atoms with E-state index in [2.05, 4.69) is 82.6 Å². The molecule has 8 rings (SSSR count). The van der Waals surface area contributed by atoms with Crippen molar-refractivity contribution in [2.45, 2.75) is 138 Å². The lowest BCUT2D eigenvalue weighted by atomic mass is 9.99. The molecule has 0 fully saturated rings. The van der Waals surface area contributed by atoms with Crippen LogP contribution in [0.2, 0.25) is 51.4 Å². The van der Waals surface area contributed by atoms with E-state index in [1.54, 1.807) is 36.7 Å². The monoisotopic (exact) mass is 1170 g/mol. The molecule has 0 atom stereocenters. The zero-order chi connectivity index (χ0) is 58.5. The minimum atomic E-state index is -1.19. The van der Waals surface area contributed by atoms with Crippen LogP contribution >= 0.6 is 0 Å². The smallest absolute Gasteiger partial charge is 0.296 e. The van der Waals surface area contributed by atoms with Gasteiger partial charge in [0.05, 0.1) is 43.1 Å². The Hall–Kier alpha value is -5.27. The summed E-state index contributed by atoms with van der Waals surface area (Å²) in [6, 6.07) is 15.1. The third-order valence-corrected chi connectivity index (χ3v) is 17.1. The van der Waals surface area contributed by atoms with E-state index in [9.17, 15) is 18.4 Å². The summed E-state index contributed by atoms with van der Waals surface area (Å²) in [7, 11) is 1.70. The van der Waals surface area contributed by atoms with Gasteiger partial charge in [0, 0.05) is 111 Å². The van der Waals surface area contributed by atoms with E-state index in [1.807, 2.05) is 27.9 Å². The molecule has 0 aliphatic carbocycles. The minimum Gasteiger partial charge on any atom is -0.382 e. The first-order valence-electron chi connectivity index (χ1n) is 28.7. The zero-order valence-corrected chi connectivity index (χ0v) is 52.0. The fourth-order valence-electron chi connectivity index (χ4n) is 9.31. The maximum absolute atomic E-state index is 13.5. The van der Waals surface area contributed by atoms with Gasteiger partial charge in [-0.3, -0.25) is 9.59 Å². The molecule has 0 saturated heterocycles. The molecular formula is C62H93F2N7O9Si2. The number of benzene rings is 2. The Labute approximate surface area is 488 Å². The van der Waals surface area contributed by atoms with E-state index < -0.39 is 16.1 Å². The van der Waals surface area contributed by atoms with E-state index in [0.717, 1.165) is 93.5 Å². The Morgan fingerprint density at radius 2 is 1.00 bits per heavy atom. The second kappa shape index (κ2) is 33.3. The normalized spacial score (nSPS) is 13.5. The first kappa shape index (κ1) is 67.5. The van der Waals surface area contributed by atoms with Crippen LogP contribution in [-0.2, 0) is 72.4 Å². The number of unbranched alkanes of at least 4 members (excludes halogenated alkanes) is 1. The topological polar surface area (TPSA) is 144 Å². The summed E-state index contributed by atoms with van der Waals surface area (Å²) < 4.78 is 58.8. The van der Waals surface area contributed by atoms with Crippen LogP contribution in [-0.4, -0.2) is 149 Å². The van der Waals surface area contributed by atoms with Crippen LogP contribution in [0.5, 0.6) is 0 Å². The van der Waals surface area contributed by atoms with Crippen molar-refractivity contribution >= 4 is 49.8 Å². The molecule has 6 heterocycles. The Balaban J connectivity index is 0.000000267. The second-order valence-electron chi connectivity index (χ2n) is 23.1. The summed E-state index contributed by atoms with van der Waals surface area (Å²) in [5.41, 5.74) is 8.70. The number of carbonyl (C=O) groups excluding carboxylic acids is 2. The quantitative estimate of drug-likeness (QED) is 0.0250. The molecule has 2 aliphatic heterocycles. The fraction of sp³-hybridized carbons (Fsp3) is 0.548. The van der Waals surface area contributed by atoms with E-state index in [0.29, 0.717) is 90.0 Å². The molecule has 0 N–H and O–H groups in total. The van der Waals surface area contributed by atoms with Gasteiger partial charge in [0.25, 0.3) is 11.8 Å². The third-order valence-electron chi connectivity index (χ3n) is 13.7. The maximum Gasteiger partial charge on any atom is 0.296 e. The Morgan fingerprint density at radius 3 is 1.43 bits per heavy atom. The number of pyridine rings is 2. The van der Waals surface area contributed by atoms with Gasteiger partial charge in [-0.25, -0.2) is 38.6 Å². The molecule has 0 spiro atoms. The number of hydroxylamine groups is 4. The van der Waals surface area contributed by atoms with Crippen LogP contribution < -0.4 is 0 Å². The van der Waals surface area contributed by atoms with Gasteiger partial charge in [-0.15, -0.1) is 0 Å². The van der Waals surface area contributed by atoms with E-state index in [1.165, 1.54) is 47.2 Å². The summed E-state index contributed by atoms with van der Waals surface area (Å²) >= 11 is 0. The van der Waals surface area contributed by atoms with Gasteiger partial charge in [-0.1, -0.05) is 84.3 Å². The molecule has 2 aliphatic rings. The number of amides is 2. The standard InChI is InChI=1S/C29H40FN3O5Si.C26H35FN4O3Si.C6H14O.CH4/c1-5-35-13-6-14-36-20-23-19-32(18-22-7-9-24(30)10-8-22)26-17-31-28-25(27(23)26)11-12-33(29(28)34)38-21-37-15-16-39(2,3)4;1-29(2)16-20-17-30(15-19-6-8-21(27)9-7-19)23-14-28-25-22(24(20)23)10-11-31(26(25)32)34-18-33-12-13-35(3,4)5;1-3-5-6-7-4-2;/h7-10,17,19H,5-6,11-16,18,20-21H2,1-4H3;6-9,14,17H,10-13,15-16,18H2,1-5H3;3-6H2,1-2H3;1H4. The molecule has 4 aromatic heterocycles. The molecule has 0 radical (unpaired) electrons. The molecule has 452 valence electrons. The lowest BCUT2D eigenvalue weighted by Crippen LogP contribution is -2.39. The average Bonchev–Trinajstić information content (AvgIpc) is 3.98. The van der Waals surface area contributed by atoms with Crippen molar-refractivity contribution in [3.8, 4) is 0 Å². The molecule has 0 bridgehead atoms. The Bertz CT molecular complexity index is 2900. The van der Waals surface area contributed by atoms with Crippen molar-refractivity contribution < 1.29 is 51.7 Å². The number of hydrogen-bond acceptors (Lipinski definition) is 12. The number of aromatic nitrogens is 4. The highest BCUT2D eigenvalue weighted by Crippen LogP contribution is 2.33. The zero-order valence-electron chi connectivity index (χ0n) is 50.0. The van der Waals surface area contributed by atoms with Crippen LogP contribution in [0.25, 0.3) is 21.8 Å². The number of rotatable bonds is 29. The van der Waals surface area contributed by atoms with Crippen molar-refractivity contribution in [1.82, 2.24) is 34.1 Å². The Morgan fingerprint density at radius 1 is 0.573 bits per heavy atom. The number of nitrogens with zero attached hydrogens (tertiary/aromatic N) is 7. The summed E-state index contributed by atoms with van der Waals surface area (Å²) in [6.45, 7) is 28.2. The lowest BCUT2D eigenvalue weighted by molar-refractivity contribution is -0.195. The van der Waals surface area contributed by atoms with Crippen LogP contribution in [0.4, 0.5) is 8.78 Å². The fourth-order valence-corrected chi connectivity index (χ4v) is 10.8. The third kappa shape index (κ3) is 20.5. The molecule has 82 heavy (non-hydrogen) atoms. The van der Waals surface area contributed by atoms with Gasteiger partial charge in [-0.05, 0) is 118 Å². The van der Waals surface area contributed by atoms with Crippen LogP contribution in [0.1, 0.15) is 102 Å². The highest BCUT2D eigenvalue weighted by atomic mass is 28.3. The predicted octanol–water partition coefficient (Wildman–Crippen LogP) is 12.4. The molecule has 0 saturated carbocycles. The van der Waals surface area contributed by atoms with E-state index in [4.69, 9.17) is 33.4 Å². The molecule has 6 aromatic rings. The van der Waals surface area contributed by atoms with Gasteiger partial charge in [0.15, 0.2) is 13.6 Å². The SMILES string of the molecule is C.CCCCOCC.CCOCCCOCc1cn(Cc2ccc(F)cc2)c2cnc3c(c12)CCN(OCOCC[Si](C)(C)C)C3=O.CN(C)Cc1cn(Cc2ccc(F)cc2)c2cnc3c(c12)CCN(OCOCC[Si](C)(C)C)C3=O. The van der Waals surface area contributed by atoms with Gasteiger partial charge < -0.3 is 37.7 Å². The first-order valence-corrected chi connectivity index (χ1v) is 36.1. The van der Waals surface area contributed by atoms with Gasteiger partial charge in [-0.2, -0.15) is 0 Å². The molecule has 0 unspecified atom stereocenters. The summed E-state index contributed by atoms with van der Waals surface area (Å²) in [6.07, 6.45) is 12.2. The van der Waals surface area contributed by atoms with Crippen LogP contribution in [0.15, 0.2) is 73.3 Å². The number of halogens is 2. The van der Waals surface area contributed by atoms with Crippen LogP contribution in [0.3, 0.4) is 0 Å². The predicted molar refractivity (Wildman–Crippen MR) is 326 cm³/mol. The highest BCUT2D eigenvalue weighted by molar-refractivity contribution is 6.76. The molecular weight excluding hydrogens is 1080 g/mol. The molecule has 2 amide bonds. The summed E-state index contributed by atoms with van der Waals surface area (Å²) in [4.78, 5) is 49.1. The van der Waals surface area contributed by atoms with Gasteiger partial charge >= 0.3 is 0 Å². The average molecular weight is 1170 g/mol. The first-order chi connectivity index (χ1) is 38.8. The summed E-state index contributed by atoms with van der Waals surface area (Å²) in [5, 5.41) is 4.79. The van der Waals surface area contributed by atoms with Crippen LogP contribution in [0, 0.1) is 11.6 Å². The van der Waals surface area contributed by atoms with Gasteiger partial charge in [0.1, 0.15) is 23.0 Å². The van der Waals surface area contributed by atoms with Crippen molar-refractivity contribution in [2.24, 2.45) is 0 Å². The van der Waals surface area contributed by atoms with Crippen molar-refractivity contribution in [3.05, 3.63) is 130 Å². The van der Waals surface area contributed by atoms with Crippen molar-refractivity contribution in [1.29, 1.82) is 0 Å². The minimum absolute atomic E-state index is 0. The van der Waals surface area contributed by atoms with E-state index >= 15 is 0 Å². The van der Waals surface area contributed by atoms with E-state index in [-0.39, 0.29) is 44.5 Å². The summed E-state index contributed by atoms with van der Waals surface area (Å²) in [5.74, 6) is -1.01. The number of ether oxygens (including phenoxy) is 5. The van der Waals surface area contributed by atoms with Crippen molar-refractivity contribution in [2.75, 3.05) is 87.0 Å². The second-order valence-corrected chi connectivity index (χ2v) is 34.4. The largest absolute Gasteiger partial charge is 0.382 e. The van der Waals surface area contributed by atoms with Gasteiger partial charge in [0.2, 0.25) is 0 Å². The van der Waals surface area contributed by atoms with Crippen molar-refractivity contribution in [3.63, 3.8) is 0 Å². The molecule has 2 aromatic carbocycles. The lowest BCUT2D eigenvalue weighted by Gasteiger charge is -2.27. The molecule has 20 heteroatoms. The number of carbonyl (C=O) groups is 2. The molecule has 16 nitrogen and oxygen atoms in total. The maximum atomic E-state index is 13.5. The Kier molecular flexibility index (Phi) is 27.4. The highest BCUT2D eigenvalue weighted by Gasteiger charge is 2.32.